The smallest absolute Gasteiger partial charge is 0.134 e. The molecule has 1 aliphatic heterocycles. The molecule has 2 aliphatic rings. The molecule has 1 spiro atoms. The van der Waals surface area contributed by atoms with Crippen LogP contribution in [-0.2, 0) is 5.41 Å². The van der Waals surface area contributed by atoms with Crippen LogP contribution in [0.1, 0.15) is 40.3 Å². The Morgan fingerprint density at radius 3 is 2.74 bits per heavy atom. The number of fused-ring (bicyclic) bond motifs is 3. The molecule has 1 aliphatic carbocycles. The quantitative estimate of drug-likeness (QED) is 0.459. The molecule has 3 atom stereocenters. The lowest BCUT2D eigenvalue weighted by atomic mass is 9.91. The summed E-state index contributed by atoms with van der Waals surface area (Å²) in [6.07, 6.45) is 4.36. The van der Waals surface area contributed by atoms with Gasteiger partial charge in [-0.05, 0) is 59.4 Å². The normalized spacial score (nSPS) is 23.7. The molecule has 0 radical (unpaired) electrons. The van der Waals surface area contributed by atoms with Gasteiger partial charge in [0.05, 0.1) is 22.8 Å². The van der Waals surface area contributed by atoms with Gasteiger partial charge in [0.15, 0.2) is 0 Å². The highest BCUT2D eigenvalue weighted by molar-refractivity contribution is 5.90. The number of hydrogen-bond acceptors (Lipinski definition) is 4. The van der Waals surface area contributed by atoms with E-state index in [-0.39, 0.29) is 11.3 Å². The van der Waals surface area contributed by atoms with E-state index in [4.69, 9.17) is 5.26 Å². The van der Waals surface area contributed by atoms with E-state index in [1.165, 1.54) is 11.1 Å². The molecule has 6 rings (SSSR count). The minimum absolute atomic E-state index is 0.234. The summed E-state index contributed by atoms with van der Waals surface area (Å²) in [4.78, 5) is 0. The molecule has 4 aromatic rings. The Morgan fingerprint density at radius 1 is 1.06 bits per heavy atom. The van der Waals surface area contributed by atoms with Crippen molar-refractivity contribution in [3.05, 3.63) is 94.7 Å². The summed E-state index contributed by atoms with van der Waals surface area (Å²) in [6, 6.07) is 24.2. The van der Waals surface area contributed by atoms with Crippen molar-refractivity contribution in [3.8, 4) is 6.07 Å². The van der Waals surface area contributed by atoms with Crippen molar-refractivity contribution in [3.63, 3.8) is 0 Å². The maximum absolute atomic E-state index is 10.7. The van der Waals surface area contributed by atoms with E-state index in [1.807, 2.05) is 54.6 Å². The van der Waals surface area contributed by atoms with Crippen LogP contribution in [-0.4, -0.2) is 21.5 Å². The predicted molar refractivity (Wildman–Crippen MR) is 121 cm³/mol. The van der Waals surface area contributed by atoms with Crippen LogP contribution in [0.5, 0.6) is 0 Å². The molecule has 0 amide bonds. The summed E-state index contributed by atoms with van der Waals surface area (Å²) in [5.41, 5.74) is 6.78. The van der Waals surface area contributed by atoms with Gasteiger partial charge in [-0.25, -0.2) is 0 Å². The highest BCUT2D eigenvalue weighted by Gasteiger charge is 2.64. The first-order chi connectivity index (χ1) is 15.2. The molecule has 3 N–H and O–H groups in total. The van der Waals surface area contributed by atoms with E-state index < -0.39 is 6.23 Å². The van der Waals surface area contributed by atoms with Crippen LogP contribution >= 0.6 is 0 Å². The maximum atomic E-state index is 10.7. The average Bonchev–Trinajstić information content (AvgIpc) is 3.34. The summed E-state index contributed by atoms with van der Waals surface area (Å²) in [5, 5.41) is 31.6. The Hall–Kier alpha value is -3.88. The first-order valence-corrected chi connectivity index (χ1v) is 10.4. The third-order valence-corrected chi connectivity index (χ3v) is 6.70. The van der Waals surface area contributed by atoms with Crippen LogP contribution < -0.4 is 5.32 Å². The van der Waals surface area contributed by atoms with Crippen molar-refractivity contribution in [2.45, 2.75) is 24.0 Å². The number of nitriles is 1. The Morgan fingerprint density at radius 2 is 1.90 bits per heavy atom. The molecule has 0 bridgehead atoms. The largest absolute Gasteiger partial charge is 0.373 e. The Bertz CT molecular complexity index is 1380. The molecular weight excluding hydrogens is 384 g/mol. The topological polar surface area (TPSA) is 84.7 Å². The number of rotatable bonds is 3. The van der Waals surface area contributed by atoms with Gasteiger partial charge in [0.2, 0.25) is 0 Å². The summed E-state index contributed by atoms with van der Waals surface area (Å²) < 4.78 is 0. The molecule has 3 aromatic carbocycles. The van der Waals surface area contributed by atoms with E-state index in [0.29, 0.717) is 5.56 Å². The molecule has 150 valence electrons. The van der Waals surface area contributed by atoms with Crippen LogP contribution in [0.2, 0.25) is 0 Å². The lowest BCUT2D eigenvalue weighted by Gasteiger charge is -2.16. The van der Waals surface area contributed by atoms with Crippen molar-refractivity contribution < 1.29 is 5.11 Å². The molecule has 3 unspecified atom stereocenters. The lowest BCUT2D eigenvalue weighted by Crippen LogP contribution is -2.27. The number of nitrogens with zero attached hydrogens (tertiary/aromatic N) is 2. The number of aliphatic hydroxyl groups excluding tert-OH is 1. The monoisotopic (exact) mass is 404 g/mol. The number of aromatic amines is 1. The maximum Gasteiger partial charge on any atom is 0.134 e. The van der Waals surface area contributed by atoms with E-state index in [0.717, 1.165) is 34.3 Å². The average molecular weight is 404 g/mol. The van der Waals surface area contributed by atoms with Gasteiger partial charge < -0.3 is 10.4 Å². The first kappa shape index (κ1) is 17.9. The Labute approximate surface area is 179 Å². The molecule has 1 saturated carbocycles. The SMILES string of the molecule is N#Cc1ccc(/C=C/c2n[nH]c3cc(C4CC45c4ccccc4NC5O)ccc23)cc1. The molecule has 1 fully saturated rings. The van der Waals surface area contributed by atoms with Gasteiger partial charge in [0, 0.05) is 16.5 Å². The third-order valence-electron chi connectivity index (χ3n) is 6.70. The highest BCUT2D eigenvalue weighted by Crippen LogP contribution is 2.66. The van der Waals surface area contributed by atoms with E-state index in [2.05, 4.69) is 45.8 Å². The lowest BCUT2D eigenvalue weighted by molar-refractivity contribution is 0.166. The standard InChI is InChI=1S/C26H20N4O/c27-15-17-7-5-16(6-8-17)9-12-22-19-11-10-18(13-24(19)30-29-22)21-14-26(21)20-3-1-2-4-23(20)28-25(26)31/h1-13,21,25,28,31H,14H2,(H,29,30)/b12-9+. The van der Waals surface area contributed by atoms with E-state index >= 15 is 0 Å². The van der Waals surface area contributed by atoms with Gasteiger partial charge in [0.1, 0.15) is 6.23 Å². The summed E-state index contributed by atoms with van der Waals surface area (Å²) in [6.45, 7) is 0. The summed E-state index contributed by atoms with van der Waals surface area (Å²) in [7, 11) is 0. The molecule has 5 nitrogen and oxygen atoms in total. The fourth-order valence-corrected chi connectivity index (χ4v) is 4.98. The van der Waals surface area contributed by atoms with E-state index in [9.17, 15) is 5.11 Å². The van der Waals surface area contributed by atoms with Gasteiger partial charge >= 0.3 is 0 Å². The van der Waals surface area contributed by atoms with Crippen molar-refractivity contribution in [2.75, 3.05) is 5.32 Å². The zero-order chi connectivity index (χ0) is 21.0. The van der Waals surface area contributed by atoms with Gasteiger partial charge in [-0.2, -0.15) is 10.4 Å². The Kier molecular flexibility index (Phi) is 3.80. The highest BCUT2D eigenvalue weighted by atomic mass is 16.3. The molecular formula is C26H20N4O. The fourth-order valence-electron chi connectivity index (χ4n) is 4.98. The van der Waals surface area contributed by atoms with Gasteiger partial charge in [0.25, 0.3) is 0 Å². The number of aromatic nitrogens is 2. The van der Waals surface area contributed by atoms with Gasteiger partial charge in [-0.1, -0.05) is 48.5 Å². The summed E-state index contributed by atoms with van der Waals surface area (Å²) >= 11 is 0. The van der Waals surface area contributed by atoms with Crippen LogP contribution in [0, 0.1) is 11.3 Å². The second-order valence-corrected chi connectivity index (χ2v) is 8.37. The second-order valence-electron chi connectivity index (χ2n) is 8.37. The van der Waals surface area contributed by atoms with Gasteiger partial charge in [-0.15, -0.1) is 0 Å². The van der Waals surface area contributed by atoms with Crippen molar-refractivity contribution in [1.82, 2.24) is 10.2 Å². The zero-order valence-corrected chi connectivity index (χ0v) is 16.7. The van der Waals surface area contributed by atoms with Crippen LogP contribution in [0.25, 0.3) is 23.1 Å². The van der Waals surface area contributed by atoms with Crippen LogP contribution in [0.4, 0.5) is 5.69 Å². The number of aliphatic hydroxyl groups is 1. The number of nitrogens with one attached hydrogen (secondary N) is 2. The van der Waals surface area contributed by atoms with Crippen molar-refractivity contribution in [1.29, 1.82) is 5.26 Å². The predicted octanol–water partition coefficient (Wildman–Crippen LogP) is 4.77. The van der Waals surface area contributed by atoms with Crippen molar-refractivity contribution >= 4 is 28.7 Å². The number of para-hydroxylation sites is 1. The molecule has 1 aromatic heterocycles. The number of benzene rings is 3. The van der Waals surface area contributed by atoms with Crippen LogP contribution in [0.15, 0.2) is 66.7 Å². The first-order valence-electron chi connectivity index (χ1n) is 10.4. The third kappa shape index (κ3) is 2.69. The molecule has 31 heavy (non-hydrogen) atoms. The molecule has 2 heterocycles. The number of anilines is 1. The second kappa shape index (κ2) is 6.56. The molecule has 0 saturated heterocycles. The Balaban J connectivity index is 1.29. The van der Waals surface area contributed by atoms with Crippen molar-refractivity contribution in [2.24, 2.45) is 0 Å². The molecule has 5 heteroatoms. The number of H-pyrrole nitrogens is 1. The van der Waals surface area contributed by atoms with E-state index in [1.54, 1.807) is 0 Å². The zero-order valence-electron chi connectivity index (χ0n) is 16.7. The number of hydrogen-bond donors (Lipinski definition) is 3. The fraction of sp³-hybridized carbons (Fsp3) is 0.154. The minimum atomic E-state index is -0.557. The van der Waals surface area contributed by atoms with Gasteiger partial charge in [-0.3, -0.25) is 5.10 Å². The minimum Gasteiger partial charge on any atom is -0.373 e. The summed E-state index contributed by atoms with van der Waals surface area (Å²) in [5.74, 6) is 0.281. The van der Waals surface area contributed by atoms with Crippen LogP contribution in [0.3, 0.4) is 0 Å².